The topological polar surface area (TPSA) is 132 Å². The number of carbonyl (C=O) groups excluding carboxylic acids is 1. The first kappa shape index (κ1) is 29.2. The minimum Gasteiger partial charge on any atom is -0.395 e. The number of ether oxygens (including phenoxy) is 1. The molecule has 0 radical (unpaired) electrons. The van der Waals surface area contributed by atoms with Gasteiger partial charge in [0.25, 0.3) is 5.91 Å². The lowest BCUT2D eigenvalue weighted by molar-refractivity contribution is 0.0845. The zero-order valence-corrected chi connectivity index (χ0v) is 23.1. The van der Waals surface area contributed by atoms with Gasteiger partial charge >= 0.3 is 0 Å². The number of nitrogens with one attached hydrogen (secondary N) is 1. The van der Waals surface area contributed by atoms with Crippen molar-refractivity contribution in [3.63, 3.8) is 0 Å². The highest BCUT2D eigenvalue weighted by molar-refractivity contribution is 5.94. The molecule has 1 aromatic carbocycles. The molecule has 0 spiro atoms. The molecule has 2 aromatic heterocycles. The van der Waals surface area contributed by atoms with E-state index in [9.17, 15) is 20.3 Å². The summed E-state index contributed by atoms with van der Waals surface area (Å²) in [7, 11) is 0. The van der Waals surface area contributed by atoms with Crippen LogP contribution in [-0.4, -0.2) is 71.1 Å². The lowest BCUT2D eigenvalue weighted by Gasteiger charge is -2.27. The molecule has 1 aliphatic rings. The molecule has 210 valence electrons. The van der Waals surface area contributed by atoms with E-state index in [1.807, 2.05) is 30.0 Å². The van der Waals surface area contributed by atoms with Gasteiger partial charge in [-0.1, -0.05) is 18.2 Å². The molecular weight excluding hydrogens is 506 g/mol. The van der Waals surface area contributed by atoms with Gasteiger partial charge in [-0.15, -0.1) is 0 Å². The first-order valence-corrected chi connectivity index (χ1v) is 13.7. The molecule has 4 rings (SSSR count). The van der Waals surface area contributed by atoms with E-state index in [1.165, 1.54) is 0 Å². The van der Waals surface area contributed by atoms with Gasteiger partial charge in [0.2, 0.25) is 0 Å². The maximum atomic E-state index is 12.8. The van der Waals surface area contributed by atoms with E-state index >= 15 is 0 Å². The van der Waals surface area contributed by atoms with Gasteiger partial charge < -0.3 is 25.2 Å². The van der Waals surface area contributed by atoms with Crippen molar-refractivity contribution in [1.82, 2.24) is 15.3 Å². The number of hydrogen-bond donors (Lipinski definition) is 3. The van der Waals surface area contributed by atoms with Crippen LogP contribution in [0.3, 0.4) is 0 Å². The van der Waals surface area contributed by atoms with Crippen LogP contribution in [0.15, 0.2) is 54.9 Å². The summed E-state index contributed by atoms with van der Waals surface area (Å²) in [4.78, 5) is 23.6. The zero-order valence-electron chi connectivity index (χ0n) is 23.1. The summed E-state index contributed by atoms with van der Waals surface area (Å²) in [5.41, 5.74) is 4.24. The van der Waals surface area contributed by atoms with E-state index in [-0.39, 0.29) is 25.0 Å². The fourth-order valence-corrected chi connectivity index (χ4v) is 5.08. The number of rotatable bonds is 11. The van der Waals surface area contributed by atoms with E-state index in [0.717, 1.165) is 40.8 Å². The molecule has 1 saturated heterocycles. The number of pyridine rings is 2. The maximum Gasteiger partial charge on any atom is 0.252 e. The van der Waals surface area contributed by atoms with Gasteiger partial charge in [-0.25, -0.2) is 4.98 Å². The van der Waals surface area contributed by atoms with Crippen LogP contribution < -0.4 is 10.2 Å². The largest absolute Gasteiger partial charge is 0.395 e. The van der Waals surface area contributed by atoms with Crippen LogP contribution in [0.1, 0.15) is 52.9 Å². The normalized spacial score (nSPS) is 15.2. The van der Waals surface area contributed by atoms with Gasteiger partial charge in [-0.05, 0) is 73.2 Å². The molecule has 1 aliphatic heterocycles. The van der Waals surface area contributed by atoms with Crippen LogP contribution in [0.25, 0.3) is 11.1 Å². The SMILES string of the molecule is Cc1ccc(CC(C)(C#N)NC(=O)c2ccncc2)cc1-c1cc(C2CCOCC2)nc(N(CCO)CCO)c1. The smallest absolute Gasteiger partial charge is 0.252 e. The van der Waals surface area contributed by atoms with Gasteiger partial charge in [-0.2, -0.15) is 5.26 Å². The molecule has 1 unspecified atom stereocenters. The third kappa shape index (κ3) is 7.21. The molecule has 0 saturated carbocycles. The lowest BCUT2D eigenvalue weighted by Crippen LogP contribution is -2.46. The second-order valence-corrected chi connectivity index (χ2v) is 10.4. The number of nitrogens with zero attached hydrogens (tertiary/aromatic N) is 4. The van der Waals surface area contributed by atoms with Gasteiger partial charge in [0, 0.05) is 62.3 Å². The molecule has 9 heteroatoms. The fraction of sp³-hybridized carbons (Fsp3) is 0.419. The fourth-order valence-electron chi connectivity index (χ4n) is 5.08. The summed E-state index contributed by atoms with van der Waals surface area (Å²) in [6, 6.07) is 15.7. The number of carbonyl (C=O) groups is 1. The molecule has 3 N–H and O–H groups in total. The Bertz CT molecular complexity index is 1330. The second kappa shape index (κ2) is 13.5. The molecule has 0 bridgehead atoms. The quantitative estimate of drug-likeness (QED) is 0.335. The van der Waals surface area contributed by atoms with E-state index in [2.05, 4.69) is 28.5 Å². The Labute approximate surface area is 235 Å². The molecule has 3 aromatic rings. The summed E-state index contributed by atoms with van der Waals surface area (Å²) < 4.78 is 5.57. The summed E-state index contributed by atoms with van der Waals surface area (Å²) in [6.07, 6.45) is 5.17. The van der Waals surface area contributed by atoms with Crippen LogP contribution in [0.4, 0.5) is 5.82 Å². The van der Waals surface area contributed by atoms with Crippen molar-refractivity contribution in [2.45, 2.75) is 44.6 Å². The monoisotopic (exact) mass is 543 g/mol. The molecule has 3 heterocycles. The average Bonchev–Trinajstić information content (AvgIpc) is 2.98. The Morgan fingerprint density at radius 1 is 1.12 bits per heavy atom. The van der Waals surface area contributed by atoms with E-state index in [0.29, 0.717) is 44.1 Å². The summed E-state index contributed by atoms with van der Waals surface area (Å²) in [5, 5.41) is 32.2. The Balaban J connectivity index is 1.69. The number of aryl methyl sites for hydroxylation is 1. The number of amides is 1. The van der Waals surface area contributed by atoms with Crippen molar-refractivity contribution in [2.24, 2.45) is 0 Å². The Morgan fingerprint density at radius 2 is 1.82 bits per heavy atom. The van der Waals surface area contributed by atoms with E-state index in [4.69, 9.17) is 9.72 Å². The summed E-state index contributed by atoms with van der Waals surface area (Å²) in [6.45, 7) is 5.77. The summed E-state index contributed by atoms with van der Waals surface area (Å²) in [5.74, 6) is 0.635. The van der Waals surface area contributed by atoms with Crippen molar-refractivity contribution in [3.8, 4) is 17.2 Å². The lowest BCUT2D eigenvalue weighted by atomic mass is 9.89. The second-order valence-electron chi connectivity index (χ2n) is 10.4. The number of nitriles is 1. The van der Waals surface area contributed by atoms with Crippen molar-refractivity contribution in [2.75, 3.05) is 44.4 Å². The third-order valence-corrected chi connectivity index (χ3v) is 7.28. The number of aliphatic hydroxyl groups is 2. The third-order valence-electron chi connectivity index (χ3n) is 7.28. The predicted octanol–water partition coefficient (Wildman–Crippen LogP) is 3.39. The predicted molar refractivity (Wildman–Crippen MR) is 153 cm³/mol. The van der Waals surface area contributed by atoms with Gasteiger partial charge in [0.05, 0.1) is 19.3 Å². The highest BCUT2D eigenvalue weighted by Crippen LogP contribution is 2.34. The van der Waals surface area contributed by atoms with E-state index < -0.39 is 5.54 Å². The Morgan fingerprint density at radius 3 is 2.48 bits per heavy atom. The highest BCUT2D eigenvalue weighted by Gasteiger charge is 2.28. The molecule has 1 amide bonds. The van der Waals surface area contributed by atoms with Crippen LogP contribution >= 0.6 is 0 Å². The number of hydrogen-bond acceptors (Lipinski definition) is 8. The van der Waals surface area contributed by atoms with Crippen molar-refractivity contribution < 1.29 is 19.7 Å². The molecule has 1 fully saturated rings. The molecule has 0 aliphatic carbocycles. The number of benzene rings is 1. The van der Waals surface area contributed by atoms with Crippen LogP contribution in [0.2, 0.25) is 0 Å². The molecule has 9 nitrogen and oxygen atoms in total. The van der Waals surface area contributed by atoms with Crippen LogP contribution in [-0.2, 0) is 11.2 Å². The van der Waals surface area contributed by atoms with Gasteiger partial charge in [0.15, 0.2) is 0 Å². The van der Waals surface area contributed by atoms with Crippen molar-refractivity contribution >= 4 is 11.7 Å². The minimum atomic E-state index is -1.12. The van der Waals surface area contributed by atoms with Crippen LogP contribution in [0, 0.1) is 18.3 Å². The Hall–Kier alpha value is -3.84. The first-order valence-electron chi connectivity index (χ1n) is 13.7. The van der Waals surface area contributed by atoms with Crippen molar-refractivity contribution in [1.29, 1.82) is 5.26 Å². The highest BCUT2D eigenvalue weighted by atomic mass is 16.5. The molecule has 40 heavy (non-hydrogen) atoms. The maximum absolute atomic E-state index is 12.8. The van der Waals surface area contributed by atoms with Crippen LogP contribution in [0.5, 0.6) is 0 Å². The first-order chi connectivity index (χ1) is 19.4. The number of anilines is 1. The summed E-state index contributed by atoms with van der Waals surface area (Å²) >= 11 is 0. The Kier molecular flexibility index (Phi) is 9.83. The average molecular weight is 544 g/mol. The minimum absolute atomic E-state index is 0.0506. The molecule has 1 atom stereocenters. The van der Waals surface area contributed by atoms with Gasteiger partial charge in [0.1, 0.15) is 11.4 Å². The standard InChI is InChI=1S/C31H37N5O4/c1-22-3-4-23(20-31(2,21-32)35-30(39)25-5-9-33-10-6-25)17-27(22)26-18-28(24-7-15-40-16-8-24)34-29(19-26)36(11-13-37)12-14-38/h3-6,9-10,17-19,24,37-38H,7-8,11-16,20H2,1-2H3,(H,35,39). The van der Waals surface area contributed by atoms with Gasteiger partial charge in [-0.3, -0.25) is 9.78 Å². The number of aliphatic hydroxyl groups excluding tert-OH is 2. The van der Waals surface area contributed by atoms with Crippen molar-refractivity contribution in [3.05, 3.63) is 77.2 Å². The van der Waals surface area contributed by atoms with E-state index in [1.54, 1.807) is 31.5 Å². The molecular formula is C31H37N5O4. The number of aromatic nitrogens is 2. The zero-order chi connectivity index (χ0) is 28.5.